The first-order chi connectivity index (χ1) is 61.6. The van der Waals surface area contributed by atoms with Gasteiger partial charge in [-0.15, -0.1) is 0 Å². The molecule has 22 nitrogen and oxygen atoms in total. The Labute approximate surface area is 761 Å². The highest BCUT2D eigenvalue weighted by Crippen LogP contribution is 2.51. The number of hydrogen-bond acceptors (Lipinski definition) is 22. The fourth-order valence-corrected chi connectivity index (χ4v) is 20.6. The highest BCUT2D eigenvalue weighted by Gasteiger charge is 2.61. The molecule has 8 heterocycles. The summed E-state index contributed by atoms with van der Waals surface area (Å²) in [6, 6.07) is 59.5. The van der Waals surface area contributed by atoms with Gasteiger partial charge in [-0.1, -0.05) is 286 Å². The first-order valence-corrected chi connectivity index (χ1v) is 47.7. The maximum atomic E-state index is 15.6. The van der Waals surface area contributed by atoms with Gasteiger partial charge < -0.3 is 94.7 Å². The summed E-state index contributed by atoms with van der Waals surface area (Å²) in [5.41, 5.74) is 5.55. The first kappa shape index (κ1) is 97.6. The van der Waals surface area contributed by atoms with Gasteiger partial charge in [-0.05, 0) is 115 Å². The van der Waals surface area contributed by atoms with Gasteiger partial charge in [0.1, 0.15) is 49.8 Å². The van der Waals surface area contributed by atoms with Gasteiger partial charge in [-0.25, -0.2) is 9.59 Å². The van der Waals surface area contributed by atoms with Crippen molar-refractivity contribution in [2.24, 2.45) is 94.7 Å². The van der Waals surface area contributed by atoms with E-state index in [1.165, 1.54) is 0 Å². The monoisotopic (exact) mass is 1770 g/mol. The van der Waals surface area contributed by atoms with Crippen LogP contribution in [-0.4, -0.2) is 173 Å². The van der Waals surface area contributed by atoms with Crippen LogP contribution in [-0.2, 0) is 144 Å². The van der Waals surface area contributed by atoms with E-state index in [0.717, 1.165) is 33.4 Å². The summed E-state index contributed by atoms with van der Waals surface area (Å²) in [4.78, 5) is 31.2. The van der Waals surface area contributed by atoms with Crippen LogP contribution in [0, 0.1) is 94.7 Å². The number of rotatable bonds is 33. The molecule has 16 unspecified atom stereocenters. The van der Waals surface area contributed by atoms with Gasteiger partial charge in [0.2, 0.25) is 0 Å². The van der Waals surface area contributed by atoms with Gasteiger partial charge in [0, 0.05) is 47.3 Å². The minimum atomic E-state index is -1.37. The fraction of sp³-hybridized carbons (Fsp3) is 0.642. The number of carbonyl (C=O) groups is 2. The van der Waals surface area contributed by atoms with E-state index in [9.17, 15) is 0 Å². The summed E-state index contributed by atoms with van der Waals surface area (Å²) in [6.07, 6.45) is -17.6. The molecule has 8 aliphatic rings. The Kier molecular flexibility index (Phi) is 34.3. The topological polar surface area (TPSA) is 219 Å². The van der Waals surface area contributed by atoms with Gasteiger partial charge in [-0.3, -0.25) is 0 Å². The quantitative estimate of drug-likeness (QED) is 0.0350. The standard InChI is InChI=1S/C106H146O22/c1-59-60(2)74(16)116-101(67(59)9)125-95-65(7)62(4)76(18)118-105(95)123-91-73(15)94(112-54-82-45-33-24-34-46-82)104(128-98(91)100(108)114-56-84-49-37-26-38-50-84)122-89-70(12)86(58-110-52-80-41-29-22-30-42-80)120-90(71(89)13)87-64(6)61(3)75(17)117-102(87)126-96-66(8)63(5)77(19)119-106(96)124-92-72(14)93(111-53-81-43-31-23-32-44-81)103(127-97(92)99(107)113-55-83-47-35-25-36-48-83)121-88-68(10)78(20)115-85(69(88)11)57-109-51-79-39-27-21-28-40-79/h21-50,59-78,85-98,101-106H,51-58H2,1-20H3/t59?,60-,61-,62-,63-,64?,65?,66?,67?,68?,69+,70+,71?,72+,73+,74+,75+,76+,77+,78+,85?,86?,87?,88-,89+,90+,91-,92-,93?,94?,95?,96?,97?,98?,101+,102+,103-,104-,105+,106+/m1/s1. The molecule has 40 atom stereocenters. The third-order valence-electron chi connectivity index (χ3n) is 30.8. The Morgan fingerprint density at radius 2 is 0.531 bits per heavy atom. The molecule has 0 saturated carbocycles. The van der Waals surface area contributed by atoms with E-state index >= 15 is 9.59 Å². The first-order valence-electron chi connectivity index (χ1n) is 47.7. The summed E-state index contributed by atoms with van der Waals surface area (Å²) >= 11 is 0. The lowest BCUT2D eigenvalue weighted by atomic mass is 9.69. The maximum Gasteiger partial charge on any atom is 0.338 e. The van der Waals surface area contributed by atoms with Gasteiger partial charge in [0.25, 0.3) is 0 Å². The van der Waals surface area contributed by atoms with Crippen LogP contribution in [0.2, 0.25) is 0 Å². The van der Waals surface area contributed by atoms with Crippen LogP contribution in [0.25, 0.3) is 0 Å². The molecular weight excluding hydrogens is 1630 g/mol. The Morgan fingerprint density at radius 3 is 0.930 bits per heavy atom. The van der Waals surface area contributed by atoms with E-state index in [4.69, 9.17) is 94.7 Å². The van der Waals surface area contributed by atoms with Crippen LogP contribution in [0.5, 0.6) is 0 Å². The number of hydrogen-bond donors (Lipinski definition) is 0. The van der Waals surface area contributed by atoms with Crippen LogP contribution < -0.4 is 0 Å². The van der Waals surface area contributed by atoms with Crippen molar-refractivity contribution in [2.75, 3.05) is 13.2 Å². The van der Waals surface area contributed by atoms with E-state index in [1.807, 2.05) is 172 Å². The SMILES string of the molecule is CC1C(C)[C@@H](C)[C@H](C)O[C@H]1OC1C(C)[C@@H](C)[C@H](C)O[C@H]1O[C@H]1C(C(=O)OCc2ccccc2)O[C@@H](O[C@@H]2C(C)[C@@H](C3C(C)[C@@H](C)[C@H](C)O[C@H]3OC3C(C)[C@@H](C)[C@H](C)O[C@H]3O[C@H]3C(C(=O)OCc4ccccc4)O[C@@H](O[C@@H]4C(C)[C@H](C)OC(COCc5ccccc5)[C@@H]4C)C(OCc4ccccc4)[C@H]3C)OC(COCc3ccccc3)[C@@H]2C)C(OCc2ccccc2)[C@H]1C. The number of esters is 2. The molecule has 0 aromatic heterocycles. The second-order valence-corrected chi connectivity index (χ2v) is 39.0. The lowest BCUT2D eigenvalue weighted by Crippen LogP contribution is -2.65. The van der Waals surface area contributed by atoms with Crippen LogP contribution in [0.15, 0.2) is 182 Å². The van der Waals surface area contributed by atoms with E-state index < -0.39 is 147 Å². The second kappa shape index (κ2) is 45.0. The van der Waals surface area contributed by atoms with E-state index in [-0.39, 0.29) is 129 Å². The Bertz CT molecular complexity index is 4310. The van der Waals surface area contributed by atoms with Gasteiger partial charge in [-0.2, -0.15) is 0 Å². The lowest BCUT2D eigenvalue weighted by molar-refractivity contribution is -0.380. The molecule has 8 aliphatic heterocycles. The van der Waals surface area contributed by atoms with Gasteiger partial charge >= 0.3 is 11.9 Å². The predicted molar refractivity (Wildman–Crippen MR) is 483 cm³/mol. The van der Waals surface area contributed by atoms with Gasteiger partial charge in [0.05, 0.1) is 101 Å². The molecule has 8 fully saturated rings. The Hall–Kier alpha value is -6.46. The molecule has 6 aromatic rings. The van der Waals surface area contributed by atoms with Crippen molar-refractivity contribution in [3.05, 3.63) is 215 Å². The fourth-order valence-electron chi connectivity index (χ4n) is 20.6. The molecule has 0 N–H and O–H groups in total. The molecule has 702 valence electrons. The Morgan fingerprint density at radius 1 is 0.234 bits per heavy atom. The van der Waals surface area contributed by atoms with Crippen molar-refractivity contribution in [3.63, 3.8) is 0 Å². The summed E-state index contributed by atoms with van der Waals surface area (Å²) in [5.74, 6) is -3.80. The molecule has 22 heteroatoms. The molecular formula is C106H146O22. The number of carbonyl (C=O) groups excluding carboxylic acids is 2. The minimum absolute atomic E-state index is 0.00662. The molecule has 0 bridgehead atoms. The summed E-state index contributed by atoms with van der Waals surface area (Å²) in [6.45, 7) is 44.6. The maximum absolute atomic E-state index is 15.6. The average molecular weight is 1770 g/mol. The molecule has 14 rings (SSSR count). The van der Waals surface area contributed by atoms with E-state index in [2.05, 4.69) is 149 Å². The van der Waals surface area contributed by atoms with Crippen LogP contribution in [0.1, 0.15) is 172 Å². The zero-order valence-electron chi connectivity index (χ0n) is 79.1. The third-order valence-corrected chi connectivity index (χ3v) is 30.8. The van der Waals surface area contributed by atoms with Gasteiger partial charge in [0.15, 0.2) is 49.9 Å². The van der Waals surface area contributed by atoms with Crippen molar-refractivity contribution >= 4 is 11.9 Å². The number of ether oxygens (including phenoxy) is 20. The predicted octanol–water partition coefficient (Wildman–Crippen LogP) is 18.5. The summed E-state index contributed by atoms with van der Waals surface area (Å²) < 4.78 is 143. The summed E-state index contributed by atoms with van der Waals surface area (Å²) in [5, 5.41) is 0. The molecule has 0 spiro atoms. The van der Waals surface area contributed by atoms with Crippen molar-refractivity contribution in [1.82, 2.24) is 0 Å². The molecule has 0 aliphatic carbocycles. The smallest absolute Gasteiger partial charge is 0.338 e. The Balaban J connectivity index is 0.796. The largest absolute Gasteiger partial charge is 0.459 e. The lowest BCUT2D eigenvalue weighted by Gasteiger charge is -2.55. The highest BCUT2D eigenvalue weighted by atomic mass is 16.8. The molecule has 128 heavy (non-hydrogen) atoms. The van der Waals surface area contributed by atoms with Crippen molar-refractivity contribution in [1.29, 1.82) is 0 Å². The second-order valence-electron chi connectivity index (χ2n) is 39.0. The van der Waals surface area contributed by atoms with Crippen LogP contribution in [0.3, 0.4) is 0 Å². The summed E-state index contributed by atoms with van der Waals surface area (Å²) in [7, 11) is 0. The highest BCUT2D eigenvalue weighted by molar-refractivity contribution is 5.76. The van der Waals surface area contributed by atoms with E-state index in [1.54, 1.807) is 0 Å². The number of benzene rings is 6. The van der Waals surface area contributed by atoms with Crippen molar-refractivity contribution < 1.29 is 104 Å². The van der Waals surface area contributed by atoms with Crippen molar-refractivity contribution in [2.45, 2.75) is 326 Å². The van der Waals surface area contributed by atoms with Crippen LogP contribution in [0.4, 0.5) is 0 Å². The third kappa shape index (κ3) is 23.1. The molecule has 8 saturated heterocycles. The normalized spacial score (nSPS) is 40.6. The zero-order chi connectivity index (χ0) is 90.7. The molecule has 0 amide bonds. The van der Waals surface area contributed by atoms with Crippen molar-refractivity contribution in [3.8, 4) is 0 Å². The zero-order valence-corrected chi connectivity index (χ0v) is 79.1. The molecule has 6 aromatic carbocycles. The molecule has 0 radical (unpaired) electrons. The van der Waals surface area contributed by atoms with Crippen LogP contribution >= 0.6 is 0 Å². The average Bonchev–Trinajstić information content (AvgIpc) is 0.742. The van der Waals surface area contributed by atoms with E-state index in [0.29, 0.717) is 31.7 Å². The minimum Gasteiger partial charge on any atom is -0.459 e.